The van der Waals surface area contributed by atoms with Crippen molar-refractivity contribution in [2.24, 2.45) is 0 Å². The lowest BCUT2D eigenvalue weighted by molar-refractivity contribution is 0.276. The van der Waals surface area contributed by atoms with Crippen LogP contribution in [0.25, 0.3) is 0 Å². The predicted molar refractivity (Wildman–Crippen MR) is 83.0 cm³/mol. The molecule has 106 valence electrons. The highest BCUT2D eigenvalue weighted by Crippen LogP contribution is 2.42. The topological polar surface area (TPSA) is 44.0 Å². The van der Waals surface area contributed by atoms with Gasteiger partial charge in [-0.05, 0) is 47.9 Å². The van der Waals surface area contributed by atoms with Crippen molar-refractivity contribution >= 4 is 0 Å². The van der Waals surface area contributed by atoms with Gasteiger partial charge in [0.25, 0.3) is 0 Å². The molecule has 2 nitrogen and oxygen atoms in total. The van der Waals surface area contributed by atoms with Gasteiger partial charge >= 0.3 is 0 Å². The number of aliphatic hydroxyl groups excluding tert-OH is 1. The van der Waals surface area contributed by atoms with Gasteiger partial charge in [-0.3, -0.25) is 0 Å². The van der Waals surface area contributed by atoms with Crippen LogP contribution in [0.2, 0.25) is 0 Å². The van der Waals surface area contributed by atoms with Crippen LogP contribution >= 0.6 is 0 Å². The van der Waals surface area contributed by atoms with Crippen molar-refractivity contribution in [3.05, 3.63) is 70.8 Å². The molecule has 0 saturated carbocycles. The van der Waals surface area contributed by atoms with E-state index in [0.29, 0.717) is 12.8 Å². The molecule has 3 rings (SSSR count). The summed E-state index contributed by atoms with van der Waals surface area (Å²) in [6, 6.07) is 19.1. The number of benzene rings is 2. The van der Waals surface area contributed by atoms with Crippen LogP contribution in [0.4, 0.5) is 0 Å². The second-order valence-corrected chi connectivity index (χ2v) is 5.66. The summed E-state index contributed by atoms with van der Waals surface area (Å²) in [4.78, 5) is 0. The Labute approximate surface area is 125 Å². The first-order chi connectivity index (χ1) is 10.3. The van der Waals surface area contributed by atoms with Gasteiger partial charge in [0.2, 0.25) is 0 Å². The summed E-state index contributed by atoms with van der Waals surface area (Å²) in [5.41, 5.74) is 4.12. The van der Waals surface area contributed by atoms with E-state index in [1.165, 1.54) is 11.1 Å². The number of aryl methyl sites for hydroxylation is 2. The Morgan fingerprint density at radius 1 is 0.952 bits per heavy atom. The van der Waals surface area contributed by atoms with Gasteiger partial charge in [-0.1, -0.05) is 48.5 Å². The minimum atomic E-state index is -0.633. The Bertz CT molecular complexity index is 636. The maximum atomic E-state index is 10.1. The van der Waals surface area contributed by atoms with E-state index in [2.05, 4.69) is 30.3 Å². The van der Waals surface area contributed by atoms with Gasteiger partial charge in [0, 0.05) is 6.61 Å². The number of aliphatic hydroxyl groups is 1. The quantitative estimate of drug-likeness (QED) is 0.934. The molecule has 0 spiro atoms. The predicted octanol–water partition coefficient (Wildman–Crippen LogP) is 3.37. The van der Waals surface area contributed by atoms with Gasteiger partial charge in [0.05, 0.1) is 6.07 Å². The van der Waals surface area contributed by atoms with E-state index < -0.39 is 5.41 Å². The van der Waals surface area contributed by atoms with Crippen molar-refractivity contribution in [2.75, 3.05) is 6.61 Å². The summed E-state index contributed by atoms with van der Waals surface area (Å²) in [6.07, 6.45) is 3.23. The second kappa shape index (κ2) is 5.71. The average molecular weight is 277 g/mol. The molecule has 1 aliphatic carbocycles. The highest BCUT2D eigenvalue weighted by molar-refractivity contribution is 5.54. The fraction of sp³-hybridized carbons (Fsp3) is 0.316. The smallest absolute Gasteiger partial charge is 0.108 e. The van der Waals surface area contributed by atoms with Gasteiger partial charge in [-0.15, -0.1) is 0 Å². The van der Waals surface area contributed by atoms with E-state index in [4.69, 9.17) is 0 Å². The van der Waals surface area contributed by atoms with Crippen LogP contribution in [0, 0.1) is 11.3 Å². The highest BCUT2D eigenvalue weighted by Gasteiger charge is 2.38. The van der Waals surface area contributed by atoms with Crippen molar-refractivity contribution in [1.29, 1.82) is 5.26 Å². The summed E-state index contributed by atoms with van der Waals surface area (Å²) >= 11 is 0. The van der Waals surface area contributed by atoms with Crippen molar-refractivity contribution in [2.45, 2.75) is 31.1 Å². The molecule has 2 aromatic rings. The molecule has 0 heterocycles. The molecule has 0 saturated heterocycles. The molecular weight excluding hydrogens is 258 g/mol. The zero-order valence-corrected chi connectivity index (χ0v) is 12.0. The van der Waals surface area contributed by atoms with E-state index in [1.54, 1.807) is 0 Å². The molecule has 1 N–H and O–H groups in total. The third kappa shape index (κ3) is 2.24. The Hall–Kier alpha value is -2.11. The minimum absolute atomic E-state index is 0.119. The van der Waals surface area contributed by atoms with Gasteiger partial charge in [-0.25, -0.2) is 0 Å². The van der Waals surface area contributed by atoms with Crippen LogP contribution in [-0.2, 0) is 18.3 Å². The molecule has 0 aliphatic heterocycles. The first-order valence-electron chi connectivity index (χ1n) is 7.51. The average Bonchev–Trinajstić information content (AvgIpc) is 2.69. The summed E-state index contributed by atoms with van der Waals surface area (Å²) in [5, 5.41) is 19.3. The lowest BCUT2D eigenvalue weighted by atomic mass is 9.71. The number of rotatable bonds is 3. The molecule has 0 bridgehead atoms. The maximum Gasteiger partial charge on any atom is 0.108 e. The van der Waals surface area contributed by atoms with E-state index >= 15 is 0 Å². The number of fused-ring (bicyclic) bond motifs is 2. The zero-order valence-electron chi connectivity index (χ0n) is 12.0. The lowest BCUT2D eigenvalue weighted by Crippen LogP contribution is -2.27. The van der Waals surface area contributed by atoms with Crippen LogP contribution in [-0.4, -0.2) is 11.7 Å². The Morgan fingerprint density at radius 3 is 1.95 bits per heavy atom. The number of nitrogens with zero attached hydrogens (tertiary/aromatic N) is 1. The van der Waals surface area contributed by atoms with Crippen molar-refractivity contribution in [3.63, 3.8) is 0 Å². The number of hydrogen-bond donors (Lipinski definition) is 1. The molecule has 0 aromatic heterocycles. The van der Waals surface area contributed by atoms with Gasteiger partial charge in [0.1, 0.15) is 5.41 Å². The fourth-order valence-corrected chi connectivity index (χ4v) is 3.51. The molecule has 0 unspecified atom stereocenters. The third-order valence-corrected chi connectivity index (χ3v) is 4.52. The first-order valence-corrected chi connectivity index (χ1v) is 7.51. The Morgan fingerprint density at radius 2 is 1.48 bits per heavy atom. The first kappa shape index (κ1) is 13.9. The lowest BCUT2D eigenvalue weighted by Gasteiger charge is -2.29. The van der Waals surface area contributed by atoms with Gasteiger partial charge in [-0.2, -0.15) is 5.26 Å². The van der Waals surface area contributed by atoms with E-state index in [9.17, 15) is 10.4 Å². The van der Waals surface area contributed by atoms with Crippen molar-refractivity contribution in [3.8, 4) is 6.07 Å². The van der Waals surface area contributed by atoms with Crippen LogP contribution in [0.3, 0.4) is 0 Å². The van der Waals surface area contributed by atoms with Crippen LogP contribution in [0.1, 0.15) is 35.1 Å². The van der Waals surface area contributed by atoms with Gasteiger partial charge < -0.3 is 5.11 Å². The normalized spacial score (nSPS) is 15.4. The SMILES string of the molecule is N#CC1(CCCO)c2ccccc2CCc2ccccc21. The molecule has 1 aliphatic rings. The third-order valence-electron chi connectivity index (χ3n) is 4.52. The summed E-state index contributed by atoms with van der Waals surface area (Å²) in [6.45, 7) is 0.119. The standard InChI is InChI=1S/C19H19NO/c20-14-19(12-5-13-21)17-8-3-1-6-15(17)10-11-16-7-2-4-9-18(16)19/h1-4,6-9,21H,5,10-13H2. The van der Waals surface area contributed by atoms with E-state index in [1.807, 2.05) is 24.3 Å². The highest BCUT2D eigenvalue weighted by atomic mass is 16.2. The number of hydrogen-bond acceptors (Lipinski definition) is 2. The van der Waals surface area contributed by atoms with Crippen LogP contribution < -0.4 is 0 Å². The van der Waals surface area contributed by atoms with Crippen molar-refractivity contribution in [1.82, 2.24) is 0 Å². The Balaban J connectivity index is 2.26. The fourth-order valence-electron chi connectivity index (χ4n) is 3.51. The summed E-state index contributed by atoms with van der Waals surface area (Å²) in [7, 11) is 0. The van der Waals surface area contributed by atoms with Crippen molar-refractivity contribution < 1.29 is 5.11 Å². The Kier molecular flexibility index (Phi) is 3.77. The van der Waals surface area contributed by atoms with E-state index in [-0.39, 0.29) is 6.61 Å². The molecule has 0 fully saturated rings. The second-order valence-electron chi connectivity index (χ2n) is 5.66. The maximum absolute atomic E-state index is 10.1. The molecular formula is C19H19NO. The zero-order chi connectivity index (χ0) is 14.7. The molecule has 0 amide bonds. The molecule has 2 heteroatoms. The van der Waals surface area contributed by atoms with E-state index in [0.717, 1.165) is 24.0 Å². The summed E-state index contributed by atoms with van der Waals surface area (Å²) in [5.74, 6) is 0. The molecule has 21 heavy (non-hydrogen) atoms. The summed E-state index contributed by atoms with van der Waals surface area (Å²) < 4.78 is 0. The molecule has 2 aromatic carbocycles. The monoisotopic (exact) mass is 277 g/mol. The van der Waals surface area contributed by atoms with Gasteiger partial charge in [0.15, 0.2) is 0 Å². The number of nitriles is 1. The largest absolute Gasteiger partial charge is 0.396 e. The van der Waals surface area contributed by atoms with Crippen LogP contribution in [0.5, 0.6) is 0 Å². The molecule has 0 atom stereocenters. The van der Waals surface area contributed by atoms with Crippen LogP contribution in [0.15, 0.2) is 48.5 Å². The molecule has 0 radical (unpaired) electrons. The minimum Gasteiger partial charge on any atom is -0.396 e.